The Labute approximate surface area is 152 Å². The number of nitrogens with one attached hydrogen (secondary N) is 3. The number of primary amides is 1. The fraction of sp³-hybridized carbons (Fsp3) is 0.438. The molecule has 1 saturated heterocycles. The predicted octanol–water partition coefficient (Wildman–Crippen LogP) is 0.481. The van der Waals surface area contributed by atoms with Gasteiger partial charge in [0.15, 0.2) is 5.11 Å². The normalized spacial score (nSPS) is 16.7. The number of benzene rings is 1. The van der Waals surface area contributed by atoms with Gasteiger partial charge >= 0.3 is 6.03 Å². The van der Waals surface area contributed by atoms with Crippen LogP contribution in [0.15, 0.2) is 24.3 Å². The zero-order valence-electron chi connectivity index (χ0n) is 14.1. The van der Waals surface area contributed by atoms with Crippen molar-refractivity contribution in [1.29, 1.82) is 0 Å². The molecule has 1 atom stereocenters. The summed E-state index contributed by atoms with van der Waals surface area (Å²) in [6.07, 6.45) is 1.46. The maximum atomic E-state index is 12.2. The van der Waals surface area contributed by atoms with Crippen molar-refractivity contribution < 1.29 is 14.3 Å². The molecule has 3 amide bonds. The van der Waals surface area contributed by atoms with Crippen LogP contribution >= 0.6 is 12.2 Å². The van der Waals surface area contributed by atoms with Gasteiger partial charge < -0.3 is 20.7 Å². The van der Waals surface area contributed by atoms with Crippen molar-refractivity contribution >= 4 is 29.3 Å². The number of hydrogen-bond donors (Lipinski definition) is 4. The summed E-state index contributed by atoms with van der Waals surface area (Å²) in [5.41, 5.74) is 11.5. The van der Waals surface area contributed by atoms with Gasteiger partial charge in [0.1, 0.15) is 5.75 Å². The van der Waals surface area contributed by atoms with E-state index in [0.29, 0.717) is 31.2 Å². The molecule has 5 N–H and O–H groups in total. The summed E-state index contributed by atoms with van der Waals surface area (Å²) < 4.78 is 5.10. The minimum absolute atomic E-state index is 0.209. The zero-order valence-corrected chi connectivity index (χ0v) is 14.9. The van der Waals surface area contributed by atoms with Crippen molar-refractivity contribution in [2.45, 2.75) is 19.4 Å². The highest BCUT2D eigenvalue weighted by Gasteiger charge is 2.27. The number of urea groups is 1. The van der Waals surface area contributed by atoms with Gasteiger partial charge in [0.05, 0.1) is 13.0 Å². The Balaban J connectivity index is 1.71. The first-order valence-corrected chi connectivity index (χ1v) is 8.41. The van der Waals surface area contributed by atoms with Crippen LogP contribution in [0.2, 0.25) is 0 Å². The number of thiocarbonyl (C=S) groups is 1. The number of carbonyl (C=O) groups excluding carboxylic acids is 2. The molecule has 1 fully saturated rings. The molecule has 136 valence electrons. The van der Waals surface area contributed by atoms with E-state index in [4.69, 9.17) is 22.7 Å². The standard InChI is InChI=1S/C16H23N5O3S/c1-24-13-6-4-11(5-7-13)9-18-16(25)20-19-14(22)12-3-2-8-21(10-12)15(17)23/h4-7,12H,2-3,8-10H2,1H3,(H2,17,23)(H,19,22)(H2,18,20,25)/t12-/m0/s1. The van der Waals surface area contributed by atoms with Gasteiger partial charge in [0.2, 0.25) is 5.91 Å². The molecule has 25 heavy (non-hydrogen) atoms. The van der Waals surface area contributed by atoms with Crippen LogP contribution in [-0.4, -0.2) is 42.1 Å². The predicted molar refractivity (Wildman–Crippen MR) is 97.6 cm³/mol. The quantitative estimate of drug-likeness (QED) is 0.457. The fourth-order valence-electron chi connectivity index (χ4n) is 2.58. The van der Waals surface area contributed by atoms with Crippen molar-refractivity contribution in [3.05, 3.63) is 29.8 Å². The van der Waals surface area contributed by atoms with Crippen LogP contribution in [0.1, 0.15) is 18.4 Å². The molecule has 1 aromatic carbocycles. The van der Waals surface area contributed by atoms with Crippen LogP contribution in [-0.2, 0) is 11.3 Å². The van der Waals surface area contributed by atoms with E-state index in [1.807, 2.05) is 24.3 Å². The average Bonchev–Trinajstić information content (AvgIpc) is 2.64. The third kappa shape index (κ3) is 5.79. The molecule has 1 aliphatic heterocycles. The van der Waals surface area contributed by atoms with Gasteiger partial charge in [0.25, 0.3) is 0 Å². The molecule has 0 radical (unpaired) electrons. The lowest BCUT2D eigenvalue weighted by Gasteiger charge is -2.30. The van der Waals surface area contributed by atoms with Gasteiger partial charge in [-0.05, 0) is 42.8 Å². The number of nitrogens with zero attached hydrogens (tertiary/aromatic N) is 1. The van der Waals surface area contributed by atoms with Gasteiger partial charge in [0, 0.05) is 19.6 Å². The van der Waals surface area contributed by atoms with Crippen molar-refractivity contribution in [1.82, 2.24) is 21.1 Å². The largest absolute Gasteiger partial charge is 0.497 e. The molecule has 0 unspecified atom stereocenters. The molecule has 1 heterocycles. The second-order valence-electron chi connectivity index (χ2n) is 5.77. The van der Waals surface area contributed by atoms with Crippen molar-refractivity contribution in [2.75, 3.05) is 20.2 Å². The highest BCUT2D eigenvalue weighted by atomic mass is 32.1. The van der Waals surface area contributed by atoms with Gasteiger partial charge in [-0.2, -0.15) is 0 Å². The van der Waals surface area contributed by atoms with Crippen LogP contribution in [0, 0.1) is 5.92 Å². The number of amides is 3. The maximum absolute atomic E-state index is 12.2. The topological polar surface area (TPSA) is 109 Å². The lowest BCUT2D eigenvalue weighted by atomic mass is 9.98. The van der Waals surface area contributed by atoms with E-state index < -0.39 is 6.03 Å². The third-order valence-electron chi connectivity index (χ3n) is 4.02. The maximum Gasteiger partial charge on any atom is 0.314 e. The number of carbonyl (C=O) groups is 2. The van der Waals surface area contributed by atoms with Crippen molar-refractivity contribution in [2.24, 2.45) is 11.7 Å². The summed E-state index contributed by atoms with van der Waals surface area (Å²) in [7, 11) is 1.62. The molecule has 0 aromatic heterocycles. The number of hydrogen-bond acceptors (Lipinski definition) is 4. The summed E-state index contributed by atoms with van der Waals surface area (Å²) in [4.78, 5) is 24.9. The van der Waals surface area contributed by atoms with Gasteiger partial charge in [-0.1, -0.05) is 12.1 Å². The molecule has 0 saturated carbocycles. The average molecular weight is 365 g/mol. The van der Waals surface area contributed by atoms with E-state index in [-0.39, 0.29) is 11.8 Å². The number of piperidine rings is 1. The monoisotopic (exact) mass is 365 g/mol. The summed E-state index contributed by atoms with van der Waals surface area (Å²) in [6.45, 7) is 1.44. The first kappa shape index (κ1) is 18.8. The molecule has 8 nitrogen and oxygen atoms in total. The fourth-order valence-corrected chi connectivity index (χ4v) is 2.70. The highest BCUT2D eigenvalue weighted by molar-refractivity contribution is 7.80. The smallest absolute Gasteiger partial charge is 0.314 e. The minimum Gasteiger partial charge on any atom is -0.497 e. The number of nitrogens with two attached hydrogens (primary N) is 1. The van der Waals surface area contributed by atoms with Crippen molar-refractivity contribution in [3.8, 4) is 5.75 Å². The molecule has 2 rings (SSSR count). The lowest BCUT2D eigenvalue weighted by Crippen LogP contribution is -2.52. The Morgan fingerprint density at radius 1 is 1.32 bits per heavy atom. The summed E-state index contributed by atoms with van der Waals surface area (Å²) in [6, 6.07) is 7.08. The SMILES string of the molecule is COc1ccc(CNC(=S)NNC(=O)[C@H]2CCCN(C(N)=O)C2)cc1. The zero-order chi connectivity index (χ0) is 18.2. The van der Waals surface area contributed by atoms with Crippen molar-refractivity contribution in [3.63, 3.8) is 0 Å². The number of hydrazine groups is 1. The Kier molecular flexibility index (Phi) is 6.81. The van der Waals surface area contributed by atoms with Gasteiger partial charge in [-0.3, -0.25) is 15.6 Å². The van der Waals surface area contributed by atoms with Crippen LogP contribution in [0.4, 0.5) is 4.79 Å². The molecule has 9 heteroatoms. The summed E-state index contributed by atoms with van der Waals surface area (Å²) in [5.74, 6) is 0.284. The highest BCUT2D eigenvalue weighted by Crippen LogP contribution is 2.16. The van der Waals surface area contributed by atoms with Crippen LogP contribution in [0.25, 0.3) is 0 Å². The first-order valence-electron chi connectivity index (χ1n) is 8.00. The van der Waals surface area contributed by atoms with E-state index in [2.05, 4.69) is 16.2 Å². The van der Waals surface area contributed by atoms with E-state index in [0.717, 1.165) is 17.7 Å². The molecular weight excluding hydrogens is 342 g/mol. The second kappa shape index (κ2) is 9.07. The summed E-state index contributed by atoms with van der Waals surface area (Å²) >= 11 is 5.14. The number of methoxy groups -OCH3 is 1. The lowest BCUT2D eigenvalue weighted by molar-refractivity contribution is -0.126. The molecule has 0 spiro atoms. The first-order chi connectivity index (χ1) is 12.0. The molecule has 0 bridgehead atoms. The minimum atomic E-state index is -0.498. The van der Waals surface area contributed by atoms with Gasteiger partial charge in [-0.15, -0.1) is 0 Å². The molecule has 1 aliphatic rings. The number of likely N-dealkylation sites (tertiary alicyclic amines) is 1. The molecular formula is C16H23N5O3S. The Morgan fingerprint density at radius 3 is 2.68 bits per heavy atom. The Hall–Kier alpha value is -2.55. The summed E-state index contributed by atoms with van der Waals surface area (Å²) in [5, 5.41) is 3.31. The number of ether oxygens (including phenoxy) is 1. The third-order valence-corrected chi connectivity index (χ3v) is 4.26. The molecule has 1 aromatic rings. The van der Waals surface area contributed by atoms with E-state index in [9.17, 15) is 9.59 Å². The Bertz CT molecular complexity index is 623. The van der Waals surface area contributed by atoms with Gasteiger partial charge in [-0.25, -0.2) is 4.79 Å². The van der Waals surface area contributed by atoms with E-state index in [1.165, 1.54) is 4.90 Å². The second-order valence-corrected chi connectivity index (χ2v) is 6.18. The van der Waals surface area contributed by atoms with Crippen LogP contribution in [0.5, 0.6) is 5.75 Å². The van der Waals surface area contributed by atoms with Crippen LogP contribution < -0.4 is 26.6 Å². The van der Waals surface area contributed by atoms with E-state index >= 15 is 0 Å². The van der Waals surface area contributed by atoms with E-state index in [1.54, 1.807) is 7.11 Å². The number of rotatable bonds is 4. The Morgan fingerprint density at radius 2 is 2.04 bits per heavy atom. The van der Waals surface area contributed by atoms with Crippen LogP contribution in [0.3, 0.4) is 0 Å². The molecule has 0 aliphatic carbocycles.